The SMILES string of the molecule is CC(C)(C)NCCc1ccc2c(c1)C(C)(C)C(=O)N2. The molecule has 104 valence electrons. The highest BCUT2D eigenvalue weighted by molar-refractivity contribution is 6.05. The molecule has 2 N–H and O–H groups in total. The van der Waals surface area contributed by atoms with Crippen molar-refractivity contribution in [2.75, 3.05) is 11.9 Å². The molecular formula is C16H24N2O. The third-order valence-corrected chi connectivity index (χ3v) is 3.64. The van der Waals surface area contributed by atoms with Crippen LogP contribution in [0.25, 0.3) is 0 Å². The Kier molecular flexibility index (Phi) is 3.43. The van der Waals surface area contributed by atoms with Gasteiger partial charge in [0, 0.05) is 11.2 Å². The highest BCUT2D eigenvalue weighted by Crippen LogP contribution is 2.37. The van der Waals surface area contributed by atoms with Crippen LogP contribution < -0.4 is 10.6 Å². The smallest absolute Gasteiger partial charge is 0.234 e. The lowest BCUT2D eigenvalue weighted by Gasteiger charge is -2.21. The Labute approximate surface area is 115 Å². The molecule has 0 spiro atoms. The van der Waals surface area contributed by atoms with E-state index in [9.17, 15) is 4.79 Å². The first-order chi connectivity index (χ1) is 8.70. The molecular weight excluding hydrogens is 236 g/mol. The lowest BCUT2D eigenvalue weighted by Crippen LogP contribution is -2.37. The fourth-order valence-corrected chi connectivity index (χ4v) is 2.36. The molecule has 0 saturated heterocycles. The first-order valence-electron chi connectivity index (χ1n) is 6.90. The predicted molar refractivity (Wildman–Crippen MR) is 79.6 cm³/mol. The van der Waals surface area contributed by atoms with E-state index in [1.54, 1.807) is 0 Å². The van der Waals surface area contributed by atoms with Gasteiger partial charge in [0.25, 0.3) is 0 Å². The molecule has 0 bridgehead atoms. The Morgan fingerprint density at radius 1 is 1.26 bits per heavy atom. The zero-order chi connectivity index (χ0) is 14.3. The molecule has 0 aromatic heterocycles. The van der Waals surface area contributed by atoms with E-state index in [2.05, 4.69) is 43.5 Å². The van der Waals surface area contributed by atoms with Gasteiger partial charge in [0.2, 0.25) is 5.91 Å². The van der Waals surface area contributed by atoms with Crippen molar-refractivity contribution in [2.45, 2.75) is 52.0 Å². The summed E-state index contributed by atoms with van der Waals surface area (Å²) in [6.45, 7) is 11.4. The molecule has 1 aliphatic heterocycles. The predicted octanol–water partition coefficient (Wildman–Crippen LogP) is 2.85. The van der Waals surface area contributed by atoms with Crippen molar-refractivity contribution in [1.82, 2.24) is 5.32 Å². The fourth-order valence-electron chi connectivity index (χ4n) is 2.36. The van der Waals surface area contributed by atoms with Crippen LogP contribution in [0, 0.1) is 0 Å². The third kappa shape index (κ3) is 2.98. The molecule has 0 aliphatic carbocycles. The molecule has 0 atom stereocenters. The lowest BCUT2D eigenvalue weighted by molar-refractivity contribution is -0.119. The number of carbonyl (C=O) groups excluding carboxylic acids is 1. The van der Waals surface area contributed by atoms with Gasteiger partial charge in [-0.15, -0.1) is 0 Å². The van der Waals surface area contributed by atoms with Crippen LogP contribution in [0.3, 0.4) is 0 Å². The third-order valence-electron chi connectivity index (χ3n) is 3.64. The molecule has 1 aromatic rings. The van der Waals surface area contributed by atoms with E-state index >= 15 is 0 Å². The van der Waals surface area contributed by atoms with Crippen molar-refractivity contribution in [2.24, 2.45) is 0 Å². The highest BCUT2D eigenvalue weighted by atomic mass is 16.2. The quantitative estimate of drug-likeness (QED) is 0.877. The number of nitrogens with one attached hydrogen (secondary N) is 2. The number of hydrogen-bond acceptors (Lipinski definition) is 2. The van der Waals surface area contributed by atoms with Gasteiger partial charge in [-0.1, -0.05) is 12.1 Å². The van der Waals surface area contributed by atoms with E-state index in [0.717, 1.165) is 24.2 Å². The maximum Gasteiger partial charge on any atom is 0.234 e. The van der Waals surface area contributed by atoms with E-state index < -0.39 is 5.41 Å². The van der Waals surface area contributed by atoms with Gasteiger partial charge in [-0.05, 0) is 64.8 Å². The van der Waals surface area contributed by atoms with Crippen molar-refractivity contribution in [3.63, 3.8) is 0 Å². The number of hydrogen-bond donors (Lipinski definition) is 2. The minimum atomic E-state index is -0.414. The summed E-state index contributed by atoms with van der Waals surface area (Å²) in [5.74, 6) is 0.0902. The van der Waals surface area contributed by atoms with Crippen LogP contribution in [0.2, 0.25) is 0 Å². The van der Waals surface area contributed by atoms with Crippen molar-refractivity contribution >= 4 is 11.6 Å². The minimum absolute atomic E-state index is 0.0902. The summed E-state index contributed by atoms with van der Waals surface area (Å²) < 4.78 is 0. The molecule has 0 fully saturated rings. The van der Waals surface area contributed by atoms with E-state index in [-0.39, 0.29) is 11.4 Å². The molecule has 1 amide bonds. The molecule has 1 heterocycles. The zero-order valence-corrected chi connectivity index (χ0v) is 12.6. The van der Waals surface area contributed by atoms with Gasteiger partial charge < -0.3 is 10.6 Å². The molecule has 0 unspecified atom stereocenters. The van der Waals surface area contributed by atoms with Crippen LogP contribution >= 0.6 is 0 Å². The Morgan fingerprint density at radius 2 is 1.95 bits per heavy atom. The Morgan fingerprint density at radius 3 is 2.58 bits per heavy atom. The number of carbonyl (C=O) groups is 1. The number of amides is 1. The van der Waals surface area contributed by atoms with Gasteiger partial charge in [0.1, 0.15) is 0 Å². The Balaban J connectivity index is 2.10. The largest absolute Gasteiger partial charge is 0.325 e. The van der Waals surface area contributed by atoms with Crippen LogP contribution in [0.1, 0.15) is 45.7 Å². The van der Waals surface area contributed by atoms with Gasteiger partial charge in [-0.3, -0.25) is 4.79 Å². The van der Waals surface area contributed by atoms with E-state index in [0.29, 0.717) is 0 Å². The molecule has 1 aliphatic rings. The van der Waals surface area contributed by atoms with Crippen LogP contribution in [-0.2, 0) is 16.6 Å². The zero-order valence-electron chi connectivity index (χ0n) is 12.6. The van der Waals surface area contributed by atoms with Crippen LogP contribution in [0.4, 0.5) is 5.69 Å². The summed E-state index contributed by atoms with van der Waals surface area (Å²) in [4.78, 5) is 11.9. The van der Waals surface area contributed by atoms with E-state index in [4.69, 9.17) is 0 Å². The van der Waals surface area contributed by atoms with Gasteiger partial charge in [-0.25, -0.2) is 0 Å². The van der Waals surface area contributed by atoms with Crippen molar-refractivity contribution in [3.8, 4) is 0 Å². The van der Waals surface area contributed by atoms with Crippen LogP contribution in [0.5, 0.6) is 0 Å². The van der Waals surface area contributed by atoms with E-state index in [1.165, 1.54) is 5.56 Å². The lowest BCUT2D eigenvalue weighted by atomic mass is 9.85. The maximum absolute atomic E-state index is 11.9. The Hall–Kier alpha value is -1.35. The standard InChI is InChI=1S/C16H24N2O/c1-15(2,3)17-9-8-11-6-7-13-12(10-11)16(4,5)14(19)18-13/h6-7,10,17H,8-9H2,1-5H3,(H,18,19). The molecule has 0 radical (unpaired) electrons. The fraction of sp³-hybridized carbons (Fsp3) is 0.562. The summed E-state index contributed by atoms with van der Waals surface area (Å²) in [7, 11) is 0. The number of benzene rings is 1. The monoisotopic (exact) mass is 260 g/mol. The second-order valence-electron chi connectivity index (χ2n) is 6.89. The van der Waals surface area contributed by atoms with E-state index in [1.807, 2.05) is 19.9 Å². The van der Waals surface area contributed by atoms with Crippen molar-refractivity contribution in [1.29, 1.82) is 0 Å². The Bertz CT molecular complexity index is 498. The molecule has 0 saturated carbocycles. The molecule has 3 nitrogen and oxygen atoms in total. The van der Waals surface area contributed by atoms with Crippen LogP contribution in [-0.4, -0.2) is 18.0 Å². The summed E-state index contributed by atoms with van der Waals surface area (Å²) >= 11 is 0. The second-order valence-corrected chi connectivity index (χ2v) is 6.89. The summed E-state index contributed by atoms with van der Waals surface area (Å²) in [6, 6.07) is 6.29. The van der Waals surface area contributed by atoms with Gasteiger partial charge in [0.05, 0.1) is 5.41 Å². The van der Waals surface area contributed by atoms with Crippen molar-refractivity contribution < 1.29 is 4.79 Å². The summed E-state index contributed by atoms with van der Waals surface area (Å²) in [5.41, 5.74) is 3.09. The van der Waals surface area contributed by atoms with Crippen LogP contribution in [0.15, 0.2) is 18.2 Å². The van der Waals surface area contributed by atoms with Gasteiger partial charge in [0.15, 0.2) is 0 Å². The second kappa shape index (κ2) is 4.64. The van der Waals surface area contributed by atoms with Crippen molar-refractivity contribution in [3.05, 3.63) is 29.3 Å². The summed E-state index contributed by atoms with van der Waals surface area (Å²) in [5, 5.41) is 6.43. The highest BCUT2D eigenvalue weighted by Gasteiger charge is 2.38. The van der Waals surface area contributed by atoms with Gasteiger partial charge in [-0.2, -0.15) is 0 Å². The summed E-state index contributed by atoms with van der Waals surface area (Å²) in [6.07, 6.45) is 0.981. The number of rotatable bonds is 3. The molecule has 2 rings (SSSR count). The number of fused-ring (bicyclic) bond motifs is 1. The first-order valence-corrected chi connectivity index (χ1v) is 6.90. The topological polar surface area (TPSA) is 41.1 Å². The minimum Gasteiger partial charge on any atom is -0.325 e. The number of anilines is 1. The first kappa shape index (κ1) is 14.1. The molecule has 1 aromatic carbocycles. The average molecular weight is 260 g/mol. The molecule has 3 heteroatoms. The van der Waals surface area contributed by atoms with Gasteiger partial charge >= 0.3 is 0 Å². The maximum atomic E-state index is 11.9. The molecule has 19 heavy (non-hydrogen) atoms. The normalized spacial score (nSPS) is 17.2. The average Bonchev–Trinajstić information content (AvgIpc) is 2.49.